The number of amides is 1. The molecule has 0 spiro atoms. The van der Waals surface area contributed by atoms with E-state index in [0.29, 0.717) is 18.8 Å². The predicted molar refractivity (Wildman–Crippen MR) is 159 cm³/mol. The molecule has 0 saturated heterocycles. The van der Waals surface area contributed by atoms with Crippen molar-refractivity contribution in [2.75, 3.05) is 11.4 Å². The lowest BCUT2D eigenvalue weighted by Gasteiger charge is -2.53. The minimum absolute atomic E-state index is 0.0946. The van der Waals surface area contributed by atoms with Crippen molar-refractivity contribution in [1.29, 1.82) is 5.26 Å². The molecule has 5 saturated carbocycles. The molecule has 8 rings (SSSR count). The van der Waals surface area contributed by atoms with Crippen molar-refractivity contribution >= 4 is 11.6 Å². The third-order valence-corrected chi connectivity index (χ3v) is 11.3. The fraction of sp³-hybridized carbons (Fsp3) is 0.543. The Labute approximate surface area is 256 Å². The van der Waals surface area contributed by atoms with Crippen LogP contribution in [0.15, 0.2) is 53.1 Å². The Kier molecular flexibility index (Phi) is 6.40. The molecule has 2 unspecified atom stereocenters. The lowest BCUT2D eigenvalue weighted by molar-refractivity contribution is -0.126. The average Bonchev–Trinajstić information content (AvgIpc) is 3.32. The lowest BCUT2D eigenvalue weighted by Crippen LogP contribution is -2.53. The van der Waals surface area contributed by atoms with Crippen LogP contribution in [0.3, 0.4) is 0 Å². The predicted octanol–water partition coefficient (Wildman–Crippen LogP) is 7.25. The maximum atomic E-state index is 14.2. The van der Waals surface area contributed by atoms with E-state index in [1.165, 1.54) is 0 Å². The minimum atomic E-state index is -3.17. The van der Waals surface area contributed by atoms with Crippen molar-refractivity contribution < 1.29 is 23.2 Å². The van der Waals surface area contributed by atoms with Crippen LogP contribution in [-0.4, -0.2) is 27.7 Å². The number of hydrogen-bond donors (Lipinski definition) is 1. The summed E-state index contributed by atoms with van der Waals surface area (Å²) < 4.78 is 32.6. The monoisotopic (exact) mass is 600 g/mol. The Morgan fingerprint density at radius 2 is 1.73 bits per heavy atom. The van der Waals surface area contributed by atoms with Crippen LogP contribution < -0.4 is 4.90 Å². The fourth-order valence-electron chi connectivity index (χ4n) is 8.11. The summed E-state index contributed by atoms with van der Waals surface area (Å²) in [5, 5.41) is 24.0. The zero-order chi connectivity index (χ0) is 31.1. The summed E-state index contributed by atoms with van der Waals surface area (Å²) in [6.07, 6.45) is 6.26. The second-order valence-corrected chi connectivity index (χ2v) is 14.6. The highest BCUT2D eigenvalue weighted by Crippen LogP contribution is 2.71. The number of aromatic nitrogens is 2. The second kappa shape index (κ2) is 9.68. The summed E-state index contributed by atoms with van der Waals surface area (Å²) in [5.74, 6) is -3.32. The van der Waals surface area contributed by atoms with Gasteiger partial charge in [-0.1, -0.05) is 41.6 Å². The van der Waals surface area contributed by atoms with E-state index in [2.05, 4.69) is 22.3 Å². The maximum Gasteiger partial charge on any atom is 0.322 e. The molecule has 7 nitrogen and oxygen atoms in total. The highest BCUT2D eigenvalue weighted by Gasteiger charge is 2.70. The van der Waals surface area contributed by atoms with Gasteiger partial charge in [0.2, 0.25) is 5.91 Å². The van der Waals surface area contributed by atoms with Crippen molar-refractivity contribution in [3.8, 4) is 17.2 Å². The number of rotatable bonds is 8. The number of hydrogen-bond acceptors (Lipinski definition) is 6. The molecule has 0 aliphatic heterocycles. The Bertz CT molecular complexity index is 1620. The standard InChI is InChI=1S/C35H38F2N4O3/c1-31(2,43)24-9-7-22(8-10-24)23-5-4-6-25(17-23)41(28(42)26-18-35(20-38)19-27(26)35)21-33-11-14-34(15-12-33,16-13-33)29-39-30(44-40-29)32(3,36)37/h4-10,17,26-27,43H,11-16,18-19,21H2,1-3H3/t26-,27?,33?,34?,35?/m0/s1. The van der Waals surface area contributed by atoms with Gasteiger partial charge in [-0.2, -0.15) is 19.0 Å². The van der Waals surface area contributed by atoms with E-state index in [1.807, 2.05) is 47.4 Å². The Balaban J connectivity index is 1.15. The van der Waals surface area contributed by atoms with Gasteiger partial charge in [-0.25, -0.2) is 0 Å². The molecule has 9 heteroatoms. The van der Waals surface area contributed by atoms with Gasteiger partial charge in [-0.15, -0.1) is 0 Å². The number of aliphatic hydroxyl groups is 1. The summed E-state index contributed by atoms with van der Waals surface area (Å²) in [6.45, 7) is 4.87. The molecule has 1 N–H and O–H groups in total. The SMILES string of the molecule is CC(C)(O)c1ccc(-c2cccc(N(CC34CCC(c5noc(C(C)(F)F)n5)(CC3)CC4)C(=O)[C@H]3CC4(C#N)CC34)c2)cc1. The van der Waals surface area contributed by atoms with E-state index in [4.69, 9.17) is 4.52 Å². The number of carbonyl (C=O) groups is 1. The van der Waals surface area contributed by atoms with Crippen LogP contribution in [0, 0.1) is 34.0 Å². The number of carbonyl (C=O) groups excluding carboxylic acids is 1. The van der Waals surface area contributed by atoms with Crippen LogP contribution in [0.25, 0.3) is 11.1 Å². The van der Waals surface area contributed by atoms with Crippen LogP contribution in [-0.2, 0) is 21.7 Å². The molecule has 2 bridgehead atoms. The molecular weight excluding hydrogens is 562 g/mol. The normalized spacial score (nSPS) is 30.7. The molecule has 5 fully saturated rings. The fourth-order valence-corrected chi connectivity index (χ4v) is 8.11. The molecule has 230 valence electrons. The molecule has 0 radical (unpaired) electrons. The summed E-state index contributed by atoms with van der Waals surface area (Å²) in [5.41, 5.74) is 1.96. The molecule has 5 aliphatic carbocycles. The van der Waals surface area contributed by atoms with Gasteiger partial charge in [0.05, 0.1) is 17.1 Å². The van der Waals surface area contributed by atoms with Gasteiger partial charge in [0, 0.05) is 30.5 Å². The third-order valence-electron chi connectivity index (χ3n) is 11.3. The summed E-state index contributed by atoms with van der Waals surface area (Å²) in [4.78, 5) is 20.3. The number of halogens is 2. The lowest BCUT2D eigenvalue weighted by atomic mass is 9.53. The minimum Gasteiger partial charge on any atom is -0.386 e. The Hall–Kier alpha value is -3.64. The van der Waals surface area contributed by atoms with Crippen LogP contribution >= 0.6 is 0 Å². The third kappa shape index (κ3) is 4.73. The molecule has 2 aromatic carbocycles. The highest BCUT2D eigenvalue weighted by molar-refractivity contribution is 5.97. The van der Waals surface area contributed by atoms with Crippen molar-refractivity contribution in [2.24, 2.45) is 22.7 Å². The van der Waals surface area contributed by atoms with Crippen LogP contribution in [0.4, 0.5) is 14.5 Å². The highest BCUT2D eigenvalue weighted by atomic mass is 19.3. The van der Waals surface area contributed by atoms with E-state index >= 15 is 0 Å². The van der Waals surface area contributed by atoms with E-state index in [1.54, 1.807) is 13.8 Å². The zero-order valence-corrected chi connectivity index (χ0v) is 25.4. The van der Waals surface area contributed by atoms with Crippen LogP contribution in [0.2, 0.25) is 0 Å². The first kappa shape index (κ1) is 29.1. The Morgan fingerprint density at radius 1 is 1.05 bits per heavy atom. The van der Waals surface area contributed by atoms with Crippen LogP contribution in [0.1, 0.15) is 89.4 Å². The first-order chi connectivity index (χ1) is 20.8. The van der Waals surface area contributed by atoms with Crippen LogP contribution in [0.5, 0.6) is 0 Å². The summed E-state index contributed by atoms with van der Waals surface area (Å²) >= 11 is 0. The van der Waals surface area contributed by atoms with E-state index in [-0.39, 0.29) is 34.0 Å². The van der Waals surface area contributed by atoms with E-state index in [9.17, 15) is 23.9 Å². The molecule has 3 atom stereocenters. The van der Waals surface area contributed by atoms with Gasteiger partial charge in [-0.05, 0) is 105 Å². The average molecular weight is 601 g/mol. The smallest absolute Gasteiger partial charge is 0.322 e. The molecular formula is C35H38F2N4O3. The zero-order valence-electron chi connectivity index (χ0n) is 25.4. The number of anilines is 1. The summed E-state index contributed by atoms with van der Waals surface area (Å²) in [6, 6.07) is 18.4. The van der Waals surface area contributed by atoms with Crippen molar-refractivity contribution in [3.63, 3.8) is 0 Å². The van der Waals surface area contributed by atoms with Gasteiger partial charge in [0.15, 0.2) is 5.82 Å². The largest absolute Gasteiger partial charge is 0.386 e. The summed E-state index contributed by atoms with van der Waals surface area (Å²) in [7, 11) is 0. The number of nitrogens with zero attached hydrogens (tertiary/aromatic N) is 4. The molecule has 1 amide bonds. The van der Waals surface area contributed by atoms with Crippen molar-refractivity contribution in [3.05, 3.63) is 65.8 Å². The maximum absolute atomic E-state index is 14.2. The van der Waals surface area contributed by atoms with Crippen molar-refractivity contribution in [1.82, 2.24) is 10.1 Å². The first-order valence-electron chi connectivity index (χ1n) is 15.7. The topological polar surface area (TPSA) is 103 Å². The van der Waals surface area contributed by atoms with Gasteiger partial charge in [0.25, 0.3) is 5.89 Å². The second-order valence-electron chi connectivity index (χ2n) is 14.6. The van der Waals surface area contributed by atoms with Gasteiger partial charge >= 0.3 is 5.92 Å². The van der Waals surface area contributed by atoms with E-state index in [0.717, 1.165) is 74.2 Å². The Morgan fingerprint density at radius 3 is 2.27 bits per heavy atom. The number of benzene rings is 2. The van der Waals surface area contributed by atoms with Crippen molar-refractivity contribution in [2.45, 2.75) is 89.1 Å². The molecule has 44 heavy (non-hydrogen) atoms. The number of nitriles is 1. The van der Waals surface area contributed by atoms with Gasteiger partial charge in [0.1, 0.15) is 0 Å². The molecule has 5 aliphatic rings. The quantitative estimate of drug-likeness (QED) is 0.292. The number of alkyl halides is 2. The van der Waals surface area contributed by atoms with Gasteiger partial charge in [-0.3, -0.25) is 4.79 Å². The molecule has 1 heterocycles. The van der Waals surface area contributed by atoms with E-state index < -0.39 is 17.4 Å². The molecule has 1 aromatic heterocycles. The van der Waals surface area contributed by atoms with Gasteiger partial charge < -0.3 is 14.5 Å². The first-order valence-corrected chi connectivity index (χ1v) is 15.7. The molecule has 3 aromatic rings. The number of fused-ring (bicyclic) bond motifs is 4.